The van der Waals surface area contributed by atoms with Crippen LogP contribution in [0.15, 0.2) is 53.1 Å². The van der Waals surface area contributed by atoms with Gasteiger partial charge in [-0.05, 0) is 49.1 Å². The number of halogens is 2. The Kier molecular flexibility index (Phi) is 5.89. The fourth-order valence-corrected chi connectivity index (χ4v) is 3.07. The van der Waals surface area contributed by atoms with Gasteiger partial charge in [-0.25, -0.2) is 4.68 Å². The van der Waals surface area contributed by atoms with E-state index in [1.807, 2.05) is 18.2 Å². The lowest BCUT2D eigenvalue weighted by Crippen LogP contribution is -2.38. The van der Waals surface area contributed by atoms with E-state index in [1.54, 1.807) is 35.2 Å². The number of hydrogen-bond donors (Lipinski definition) is 2. The van der Waals surface area contributed by atoms with Crippen LogP contribution < -0.4 is 11.1 Å². The zero-order valence-corrected chi connectivity index (χ0v) is 16.0. The molecule has 0 aliphatic heterocycles. The summed E-state index contributed by atoms with van der Waals surface area (Å²) in [6.45, 7) is 0.448. The maximum atomic E-state index is 12.5. The molecule has 1 aromatic carbocycles. The number of carbonyl (C=O) groups excluding carboxylic acids is 1. The molecule has 2 aromatic heterocycles. The fourth-order valence-electron chi connectivity index (χ4n) is 2.89. The van der Waals surface area contributed by atoms with Gasteiger partial charge < -0.3 is 15.5 Å². The molecule has 1 saturated carbocycles. The highest BCUT2D eigenvalue weighted by atomic mass is 35.5. The molecule has 6 nitrogen and oxygen atoms in total. The molecule has 0 saturated heterocycles. The van der Waals surface area contributed by atoms with E-state index in [2.05, 4.69) is 10.4 Å². The van der Waals surface area contributed by atoms with Gasteiger partial charge >= 0.3 is 0 Å². The number of aromatic nitrogens is 2. The molecule has 27 heavy (non-hydrogen) atoms. The first-order valence-corrected chi connectivity index (χ1v) is 8.93. The molecule has 1 aliphatic carbocycles. The number of amides is 1. The van der Waals surface area contributed by atoms with Crippen molar-refractivity contribution in [3.8, 4) is 17.1 Å². The van der Waals surface area contributed by atoms with E-state index in [0.29, 0.717) is 34.6 Å². The average molecular weight is 407 g/mol. The van der Waals surface area contributed by atoms with Crippen LogP contribution in [0.3, 0.4) is 0 Å². The Labute approximate surface area is 168 Å². The van der Waals surface area contributed by atoms with Gasteiger partial charge in [0, 0.05) is 23.7 Å². The summed E-state index contributed by atoms with van der Waals surface area (Å²) in [7, 11) is 0. The molecule has 0 radical (unpaired) electrons. The van der Waals surface area contributed by atoms with Crippen LogP contribution in [0.5, 0.6) is 0 Å². The number of benzene rings is 1. The van der Waals surface area contributed by atoms with Crippen LogP contribution in [-0.2, 0) is 0 Å². The van der Waals surface area contributed by atoms with Crippen LogP contribution in [0.4, 0.5) is 0 Å². The SMILES string of the molecule is Cl.NC(CNC(=O)c1cc(-c2ccco2)n(-c2cccc(Cl)c2)n1)C1CC1. The molecule has 142 valence electrons. The quantitative estimate of drug-likeness (QED) is 0.653. The largest absolute Gasteiger partial charge is 0.463 e. The summed E-state index contributed by atoms with van der Waals surface area (Å²) >= 11 is 6.10. The highest BCUT2D eigenvalue weighted by Gasteiger charge is 2.29. The second-order valence-corrected chi connectivity index (χ2v) is 6.93. The minimum Gasteiger partial charge on any atom is -0.463 e. The van der Waals surface area contributed by atoms with Crippen molar-refractivity contribution in [2.75, 3.05) is 6.54 Å². The molecule has 0 bridgehead atoms. The lowest BCUT2D eigenvalue weighted by Gasteiger charge is -2.10. The number of carbonyl (C=O) groups is 1. The molecule has 4 rings (SSSR count). The van der Waals surface area contributed by atoms with Crippen LogP contribution in [-0.4, -0.2) is 28.3 Å². The first-order chi connectivity index (χ1) is 12.6. The van der Waals surface area contributed by atoms with Crippen molar-refractivity contribution in [2.45, 2.75) is 18.9 Å². The monoisotopic (exact) mass is 406 g/mol. The Morgan fingerprint density at radius 3 is 2.81 bits per heavy atom. The van der Waals surface area contributed by atoms with Gasteiger partial charge in [0.25, 0.3) is 5.91 Å². The Hall–Kier alpha value is -2.28. The van der Waals surface area contributed by atoms with Crippen LogP contribution in [0.1, 0.15) is 23.3 Å². The van der Waals surface area contributed by atoms with Gasteiger partial charge in [-0.3, -0.25) is 4.79 Å². The van der Waals surface area contributed by atoms with Crippen LogP contribution in [0.2, 0.25) is 5.02 Å². The van der Waals surface area contributed by atoms with Crippen LogP contribution in [0.25, 0.3) is 17.1 Å². The fraction of sp³-hybridized carbons (Fsp3) is 0.263. The molecule has 1 atom stereocenters. The van der Waals surface area contributed by atoms with E-state index in [9.17, 15) is 4.79 Å². The Morgan fingerprint density at radius 1 is 1.33 bits per heavy atom. The van der Waals surface area contributed by atoms with E-state index in [-0.39, 0.29) is 24.4 Å². The summed E-state index contributed by atoms with van der Waals surface area (Å²) in [5.41, 5.74) is 7.78. The van der Waals surface area contributed by atoms with Crippen molar-refractivity contribution in [1.29, 1.82) is 0 Å². The minimum absolute atomic E-state index is 0. The molecule has 1 unspecified atom stereocenters. The van der Waals surface area contributed by atoms with Crippen molar-refractivity contribution in [3.63, 3.8) is 0 Å². The van der Waals surface area contributed by atoms with E-state index in [1.165, 1.54) is 0 Å². The highest BCUT2D eigenvalue weighted by Crippen LogP contribution is 2.31. The van der Waals surface area contributed by atoms with Gasteiger partial charge in [0.05, 0.1) is 12.0 Å². The van der Waals surface area contributed by atoms with E-state index >= 15 is 0 Å². The average Bonchev–Trinajstić information content (AvgIpc) is 3.17. The molecule has 1 aliphatic rings. The first-order valence-electron chi connectivity index (χ1n) is 8.55. The van der Waals surface area contributed by atoms with E-state index < -0.39 is 0 Å². The molecular formula is C19H20Cl2N4O2. The number of hydrogen-bond acceptors (Lipinski definition) is 4. The second kappa shape index (κ2) is 8.17. The molecular weight excluding hydrogens is 387 g/mol. The number of nitrogens with one attached hydrogen (secondary N) is 1. The molecule has 0 spiro atoms. The molecule has 3 N–H and O–H groups in total. The van der Waals surface area contributed by atoms with Gasteiger partial charge in [-0.15, -0.1) is 12.4 Å². The summed E-state index contributed by atoms with van der Waals surface area (Å²) in [6, 6.07) is 12.6. The second-order valence-electron chi connectivity index (χ2n) is 6.50. The Morgan fingerprint density at radius 2 is 2.15 bits per heavy atom. The Balaban J connectivity index is 0.00000210. The smallest absolute Gasteiger partial charge is 0.271 e. The number of nitrogens with two attached hydrogens (primary N) is 1. The van der Waals surface area contributed by atoms with Crippen LogP contribution in [0, 0.1) is 5.92 Å². The van der Waals surface area contributed by atoms with Crippen molar-refractivity contribution >= 4 is 29.9 Å². The van der Waals surface area contributed by atoms with Gasteiger partial charge in [0.1, 0.15) is 5.69 Å². The van der Waals surface area contributed by atoms with Crippen molar-refractivity contribution < 1.29 is 9.21 Å². The third-order valence-electron chi connectivity index (χ3n) is 4.49. The number of rotatable bonds is 6. The van der Waals surface area contributed by atoms with Gasteiger partial charge in [0.2, 0.25) is 0 Å². The minimum atomic E-state index is -0.255. The van der Waals surface area contributed by atoms with Gasteiger partial charge in [0.15, 0.2) is 11.5 Å². The third kappa shape index (κ3) is 4.35. The zero-order valence-electron chi connectivity index (χ0n) is 14.5. The Bertz CT molecular complexity index is 920. The maximum Gasteiger partial charge on any atom is 0.271 e. The standard InChI is InChI=1S/C19H19ClN4O2.ClH/c20-13-3-1-4-14(9-13)24-17(18-5-2-8-26-18)10-16(23-24)19(25)22-11-15(21)12-6-7-12;/h1-5,8-10,12,15H,6-7,11,21H2,(H,22,25);1H. The van der Waals surface area contributed by atoms with E-state index in [0.717, 1.165) is 18.5 Å². The summed E-state index contributed by atoms with van der Waals surface area (Å²) < 4.78 is 7.15. The van der Waals surface area contributed by atoms with Crippen molar-refractivity contribution in [3.05, 3.63) is 59.4 Å². The topological polar surface area (TPSA) is 86.1 Å². The van der Waals surface area contributed by atoms with Crippen molar-refractivity contribution in [1.82, 2.24) is 15.1 Å². The number of nitrogens with zero attached hydrogens (tertiary/aromatic N) is 2. The predicted octanol–water partition coefficient (Wildman–Crippen LogP) is 3.67. The molecule has 2 heterocycles. The molecule has 1 fully saturated rings. The lowest BCUT2D eigenvalue weighted by molar-refractivity contribution is 0.0945. The number of furan rings is 1. The molecule has 8 heteroatoms. The zero-order chi connectivity index (χ0) is 18.1. The summed E-state index contributed by atoms with van der Waals surface area (Å²) in [6.07, 6.45) is 3.87. The molecule has 1 amide bonds. The third-order valence-corrected chi connectivity index (χ3v) is 4.73. The van der Waals surface area contributed by atoms with Crippen molar-refractivity contribution in [2.24, 2.45) is 11.7 Å². The van der Waals surface area contributed by atoms with E-state index in [4.69, 9.17) is 21.8 Å². The molecule has 3 aromatic rings. The summed E-state index contributed by atoms with van der Waals surface area (Å²) in [4.78, 5) is 12.5. The highest BCUT2D eigenvalue weighted by molar-refractivity contribution is 6.30. The van der Waals surface area contributed by atoms with Gasteiger partial charge in [-0.1, -0.05) is 17.7 Å². The van der Waals surface area contributed by atoms with Gasteiger partial charge in [-0.2, -0.15) is 5.10 Å². The van der Waals surface area contributed by atoms with Crippen LogP contribution >= 0.6 is 24.0 Å². The summed E-state index contributed by atoms with van der Waals surface area (Å²) in [5, 5.41) is 7.92. The normalized spacial score (nSPS) is 14.4. The predicted molar refractivity (Wildman–Crippen MR) is 107 cm³/mol. The first kappa shape index (κ1) is 19.5. The lowest BCUT2D eigenvalue weighted by atomic mass is 10.2. The maximum absolute atomic E-state index is 12.5. The summed E-state index contributed by atoms with van der Waals surface area (Å²) in [5.74, 6) is 0.888.